The van der Waals surface area contributed by atoms with E-state index < -0.39 is 0 Å². The van der Waals surface area contributed by atoms with Gasteiger partial charge in [0.25, 0.3) is 0 Å². The van der Waals surface area contributed by atoms with Crippen molar-refractivity contribution in [2.24, 2.45) is 0 Å². The average molecular weight is 263 g/mol. The molecular formula is C11H10FN5S. The molecule has 1 N–H and O–H groups in total. The molecular weight excluding hydrogens is 253 g/mol. The van der Waals surface area contributed by atoms with Gasteiger partial charge in [-0.05, 0) is 12.1 Å². The summed E-state index contributed by atoms with van der Waals surface area (Å²) in [7, 11) is 0. The molecule has 0 spiro atoms. The predicted octanol–water partition coefficient (Wildman–Crippen LogP) is 1.98. The number of nitrogens with zero attached hydrogens (tertiary/aromatic N) is 4. The Labute approximate surface area is 106 Å². The van der Waals surface area contributed by atoms with Gasteiger partial charge in [0.2, 0.25) is 5.95 Å². The van der Waals surface area contributed by atoms with Crippen molar-refractivity contribution >= 4 is 22.9 Å². The topological polar surface area (TPSA) is 55.1 Å². The maximum atomic E-state index is 13.0. The fourth-order valence-electron chi connectivity index (χ4n) is 1.60. The number of anilines is 1. The second-order valence-electron chi connectivity index (χ2n) is 3.74. The minimum Gasteiger partial charge on any atom is -0.353 e. The van der Waals surface area contributed by atoms with Crippen LogP contribution in [-0.2, 0) is 6.42 Å². The van der Waals surface area contributed by atoms with Gasteiger partial charge < -0.3 is 5.32 Å². The van der Waals surface area contributed by atoms with Crippen molar-refractivity contribution in [3.8, 4) is 0 Å². The molecule has 0 radical (unpaired) electrons. The highest BCUT2D eigenvalue weighted by atomic mass is 32.1. The molecule has 0 saturated heterocycles. The first-order valence-electron chi connectivity index (χ1n) is 5.44. The number of halogens is 1. The smallest absolute Gasteiger partial charge is 0.243 e. The van der Waals surface area contributed by atoms with Gasteiger partial charge in [0.05, 0.1) is 17.4 Å². The lowest BCUT2D eigenvalue weighted by Gasteiger charge is -1.98. The summed E-state index contributed by atoms with van der Waals surface area (Å²) in [5.74, 6) is 0.164. The van der Waals surface area contributed by atoms with E-state index in [0.29, 0.717) is 18.1 Å². The quantitative estimate of drug-likeness (QED) is 0.782. The first kappa shape index (κ1) is 11.1. The number of aromatic nitrogens is 4. The van der Waals surface area contributed by atoms with Gasteiger partial charge in [0, 0.05) is 18.3 Å². The van der Waals surface area contributed by atoms with Crippen LogP contribution in [-0.4, -0.2) is 26.1 Å². The fraction of sp³-hybridized carbons (Fsp3) is 0.182. The van der Waals surface area contributed by atoms with Crippen LogP contribution >= 0.6 is 11.3 Å². The normalized spacial score (nSPS) is 10.9. The molecule has 0 bridgehead atoms. The number of nitrogens with one attached hydrogen (secondary N) is 1. The van der Waals surface area contributed by atoms with Crippen LogP contribution in [0.4, 0.5) is 10.3 Å². The molecule has 7 heteroatoms. The van der Waals surface area contributed by atoms with Crippen LogP contribution in [0.15, 0.2) is 29.2 Å². The van der Waals surface area contributed by atoms with Crippen molar-refractivity contribution in [1.29, 1.82) is 0 Å². The van der Waals surface area contributed by atoms with Crippen LogP contribution in [0.2, 0.25) is 0 Å². The van der Waals surface area contributed by atoms with E-state index in [0.717, 1.165) is 12.1 Å². The van der Waals surface area contributed by atoms with Gasteiger partial charge in [-0.3, -0.25) is 0 Å². The number of rotatable bonds is 4. The van der Waals surface area contributed by atoms with Gasteiger partial charge in [-0.1, -0.05) is 0 Å². The monoisotopic (exact) mass is 263 g/mol. The summed E-state index contributed by atoms with van der Waals surface area (Å²) in [5, 5.41) is 9.23. The van der Waals surface area contributed by atoms with E-state index in [1.807, 2.05) is 5.38 Å². The third kappa shape index (κ3) is 2.30. The van der Waals surface area contributed by atoms with E-state index in [-0.39, 0.29) is 5.82 Å². The summed E-state index contributed by atoms with van der Waals surface area (Å²) in [4.78, 5) is 8.41. The van der Waals surface area contributed by atoms with Crippen LogP contribution in [0.25, 0.3) is 5.65 Å². The van der Waals surface area contributed by atoms with Gasteiger partial charge in [0.15, 0.2) is 5.65 Å². The van der Waals surface area contributed by atoms with Gasteiger partial charge in [-0.15, -0.1) is 16.4 Å². The Morgan fingerprint density at radius 3 is 3.17 bits per heavy atom. The van der Waals surface area contributed by atoms with Gasteiger partial charge >= 0.3 is 0 Å². The fourth-order valence-corrected chi connectivity index (χ4v) is 2.19. The van der Waals surface area contributed by atoms with Crippen LogP contribution in [0.3, 0.4) is 0 Å². The highest BCUT2D eigenvalue weighted by molar-refractivity contribution is 7.07. The van der Waals surface area contributed by atoms with Crippen molar-refractivity contribution < 1.29 is 4.39 Å². The summed E-state index contributed by atoms with van der Waals surface area (Å²) >= 11 is 1.58. The molecule has 3 heterocycles. The number of pyridine rings is 1. The molecule has 0 aliphatic carbocycles. The molecule has 3 aromatic heterocycles. The molecule has 3 aromatic rings. The van der Waals surface area contributed by atoms with Crippen molar-refractivity contribution in [2.75, 3.05) is 11.9 Å². The molecule has 0 unspecified atom stereocenters. The summed E-state index contributed by atoms with van der Waals surface area (Å²) < 4.78 is 14.4. The Bertz CT molecular complexity index is 649. The molecule has 0 aliphatic rings. The Morgan fingerprint density at radius 2 is 2.33 bits per heavy atom. The first-order valence-corrected chi connectivity index (χ1v) is 6.38. The second-order valence-corrected chi connectivity index (χ2v) is 4.46. The molecule has 0 atom stereocenters. The maximum absolute atomic E-state index is 13.0. The Hall–Kier alpha value is -2.02. The molecule has 3 rings (SSSR count). The van der Waals surface area contributed by atoms with Crippen molar-refractivity contribution in [2.45, 2.75) is 6.42 Å². The lowest BCUT2D eigenvalue weighted by Crippen LogP contribution is -2.06. The number of thiazole rings is 1. The minimum absolute atomic E-state index is 0.332. The van der Waals surface area contributed by atoms with E-state index in [1.165, 1.54) is 16.8 Å². The van der Waals surface area contributed by atoms with Gasteiger partial charge in [-0.25, -0.2) is 13.9 Å². The van der Waals surface area contributed by atoms with Crippen LogP contribution < -0.4 is 5.32 Å². The standard InChI is InChI=1S/C11H10FN5S/c12-8-1-2-10-15-11(16-17(10)5-8)13-4-3-9-6-18-7-14-9/h1-2,5-7H,3-4H2,(H,13,16). The predicted molar refractivity (Wildman–Crippen MR) is 67.3 cm³/mol. The second kappa shape index (κ2) is 4.69. The van der Waals surface area contributed by atoms with E-state index in [4.69, 9.17) is 0 Å². The van der Waals surface area contributed by atoms with E-state index in [1.54, 1.807) is 22.9 Å². The molecule has 0 saturated carbocycles. The van der Waals surface area contributed by atoms with Crippen molar-refractivity contribution in [3.63, 3.8) is 0 Å². The number of fused-ring (bicyclic) bond motifs is 1. The summed E-state index contributed by atoms with van der Waals surface area (Å²) in [6, 6.07) is 2.96. The van der Waals surface area contributed by atoms with Crippen molar-refractivity contribution in [1.82, 2.24) is 19.6 Å². The van der Waals surface area contributed by atoms with E-state index in [2.05, 4.69) is 20.4 Å². The lowest BCUT2D eigenvalue weighted by atomic mass is 10.3. The van der Waals surface area contributed by atoms with Crippen LogP contribution in [0, 0.1) is 5.82 Å². The summed E-state index contributed by atoms with van der Waals surface area (Å²) in [6.07, 6.45) is 2.11. The molecule has 0 aromatic carbocycles. The summed E-state index contributed by atoms with van der Waals surface area (Å²) in [5.41, 5.74) is 3.47. The Kier molecular flexibility index (Phi) is 2.89. The zero-order chi connectivity index (χ0) is 12.4. The Morgan fingerprint density at radius 1 is 1.39 bits per heavy atom. The summed E-state index contributed by atoms with van der Waals surface area (Å²) in [6.45, 7) is 0.698. The molecule has 5 nitrogen and oxygen atoms in total. The molecule has 0 amide bonds. The number of hydrogen-bond acceptors (Lipinski definition) is 5. The minimum atomic E-state index is -0.332. The SMILES string of the molecule is Fc1ccc2nc(NCCc3cscn3)nn2c1. The Balaban J connectivity index is 1.67. The molecule has 18 heavy (non-hydrogen) atoms. The number of hydrogen-bond donors (Lipinski definition) is 1. The molecule has 0 fully saturated rings. The van der Waals surface area contributed by atoms with E-state index >= 15 is 0 Å². The van der Waals surface area contributed by atoms with Crippen molar-refractivity contribution in [3.05, 3.63) is 40.7 Å². The molecule has 92 valence electrons. The van der Waals surface area contributed by atoms with Gasteiger partial charge in [-0.2, -0.15) is 4.98 Å². The van der Waals surface area contributed by atoms with E-state index in [9.17, 15) is 4.39 Å². The lowest BCUT2D eigenvalue weighted by molar-refractivity contribution is 0.615. The zero-order valence-electron chi connectivity index (χ0n) is 9.38. The largest absolute Gasteiger partial charge is 0.353 e. The highest BCUT2D eigenvalue weighted by Crippen LogP contribution is 2.07. The highest BCUT2D eigenvalue weighted by Gasteiger charge is 2.03. The third-order valence-corrected chi connectivity index (χ3v) is 3.08. The van der Waals surface area contributed by atoms with Gasteiger partial charge in [0.1, 0.15) is 5.82 Å². The van der Waals surface area contributed by atoms with Crippen LogP contribution in [0.1, 0.15) is 5.69 Å². The maximum Gasteiger partial charge on any atom is 0.243 e. The molecule has 0 aliphatic heterocycles. The zero-order valence-corrected chi connectivity index (χ0v) is 10.2. The van der Waals surface area contributed by atoms with Crippen LogP contribution in [0.5, 0.6) is 0 Å². The average Bonchev–Trinajstić information content (AvgIpc) is 2.97. The third-order valence-electron chi connectivity index (χ3n) is 2.44. The first-order chi connectivity index (χ1) is 8.81.